The van der Waals surface area contributed by atoms with Crippen LogP contribution in [0.2, 0.25) is 5.02 Å². The van der Waals surface area contributed by atoms with Crippen LogP contribution >= 0.6 is 11.6 Å². The lowest BCUT2D eigenvalue weighted by molar-refractivity contribution is 0.0724. The van der Waals surface area contributed by atoms with E-state index < -0.39 is 5.91 Å². The predicted octanol–water partition coefficient (Wildman–Crippen LogP) is 3.40. The standard InChI is InChI=1S/C20H19ClN4O2/c21-17-12-25(15-6-4-13(5-7-15)18(22)26)19-16(17)10-14(11-23-19)20(27)24-8-2-1-3-9-24/h4-7,10-12H,1-3,8-9H2,(H2,22,26). The lowest BCUT2D eigenvalue weighted by atomic mass is 10.1. The maximum Gasteiger partial charge on any atom is 0.255 e. The van der Waals surface area contributed by atoms with Crippen molar-refractivity contribution in [1.29, 1.82) is 0 Å². The number of nitrogens with zero attached hydrogens (tertiary/aromatic N) is 3. The van der Waals surface area contributed by atoms with Crippen LogP contribution < -0.4 is 5.73 Å². The fraction of sp³-hybridized carbons (Fsp3) is 0.250. The van der Waals surface area contributed by atoms with Crippen LogP contribution in [0, 0.1) is 0 Å². The summed E-state index contributed by atoms with van der Waals surface area (Å²) in [4.78, 5) is 30.3. The summed E-state index contributed by atoms with van der Waals surface area (Å²) in [6.07, 6.45) is 6.61. The van der Waals surface area contributed by atoms with Crippen LogP contribution in [0.3, 0.4) is 0 Å². The maximum absolute atomic E-state index is 12.7. The van der Waals surface area contributed by atoms with Gasteiger partial charge in [-0.15, -0.1) is 0 Å². The van der Waals surface area contributed by atoms with Gasteiger partial charge in [-0.05, 0) is 49.6 Å². The van der Waals surface area contributed by atoms with E-state index in [2.05, 4.69) is 4.98 Å². The molecule has 27 heavy (non-hydrogen) atoms. The van der Waals surface area contributed by atoms with E-state index in [1.807, 2.05) is 9.47 Å². The molecule has 2 N–H and O–H groups in total. The van der Waals surface area contributed by atoms with Gasteiger partial charge in [-0.25, -0.2) is 4.98 Å². The van der Waals surface area contributed by atoms with Gasteiger partial charge in [0.15, 0.2) is 0 Å². The molecule has 0 unspecified atom stereocenters. The molecule has 0 aliphatic carbocycles. The number of benzene rings is 1. The van der Waals surface area contributed by atoms with Gasteiger partial charge in [0, 0.05) is 42.1 Å². The number of piperidine rings is 1. The Balaban J connectivity index is 1.70. The van der Waals surface area contributed by atoms with Gasteiger partial charge in [0.25, 0.3) is 5.91 Å². The molecule has 0 atom stereocenters. The molecular weight excluding hydrogens is 364 g/mol. The molecule has 1 aliphatic heterocycles. The average molecular weight is 383 g/mol. The minimum absolute atomic E-state index is 0.00118. The Labute approximate surface area is 161 Å². The fourth-order valence-electron chi connectivity index (χ4n) is 3.45. The predicted molar refractivity (Wildman–Crippen MR) is 104 cm³/mol. The number of amides is 2. The Morgan fingerprint density at radius 2 is 1.74 bits per heavy atom. The van der Waals surface area contributed by atoms with Crippen molar-refractivity contribution in [2.75, 3.05) is 13.1 Å². The SMILES string of the molecule is NC(=O)c1ccc(-n2cc(Cl)c3cc(C(=O)N4CCCCC4)cnc32)cc1. The highest BCUT2D eigenvalue weighted by molar-refractivity contribution is 6.35. The zero-order chi connectivity index (χ0) is 19.0. The van der Waals surface area contributed by atoms with E-state index in [4.69, 9.17) is 17.3 Å². The zero-order valence-corrected chi connectivity index (χ0v) is 15.4. The molecule has 2 amide bonds. The summed E-state index contributed by atoms with van der Waals surface area (Å²) in [5.74, 6) is -0.477. The van der Waals surface area contributed by atoms with Crippen molar-refractivity contribution >= 4 is 34.4 Å². The first-order chi connectivity index (χ1) is 13.0. The number of pyridine rings is 1. The number of halogens is 1. The summed E-state index contributed by atoms with van der Waals surface area (Å²) < 4.78 is 1.83. The molecule has 6 nitrogen and oxygen atoms in total. The molecule has 2 aromatic heterocycles. The summed E-state index contributed by atoms with van der Waals surface area (Å²) in [6, 6.07) is 8.68. The first-order valence-electron chi connectivity index (χ1n) is 8.91. The van der Waals surface area contributed by atoms with Crippen molar-refractivity contribution in [2.24, 2.45) is 5.73 Å². The Kier molecular flexibility index (Phi) is 4.58. The van der Waals surface area contributed by atoms with Crippen molar-refractivity contribution in [3.05, 3.63) is 58.9 Å². The van der Waals surface area contributed by atoms with Crippen LogP contribution in [-0.4, -0.2) is 39.4 Å². The maximum atomic E-state index is 12.7. The smallest absolute Gasteiger partial charge is 0.255 e. The van der Waals surface area contributed by atoms with E-state index in [0.29, 0.717) is 21.8 Å². The van der Waals surface area contributed by atoms with Crippen LogP contribution in [0.4, 0.5) is 0 Å². The normalized spacial score (nSPS) is 14.5. The molecule has 0 bridgehead atoms. The monoisotopic (exact) mass is 382 g/mol. The van der Waals surface area contributed by atoms with Crippen molar-refractivity contribution < 1.29 is 9.59 Å². The number of rotatable bonds is 3. The van der Waals surface area contributed by atoms with Crippen molar-refractivity contribution in [3.63, 3.8) is 0 Å². The van der Waals surface area contributed by atoms with Gasteiger partial charge in [-0.3, -0.25) is 14.2 Å². The van der Waals surface area contributed by atoms with Gasteiger partial charge in [0.1, 0.15) is 5.65 Å². The number of primary amides is 1. The molecule has 4 rings (SSSR count). The number of carbonyl (C=O) groups excluding carboxylic acids is 2. The van der Waals surface area contributed by atoms with Crippen molar-refractivity contribution in [3.8, 4) is 5.69 Å². The van der Waals surface area contributed by atoms with E-state index in [9.17, 15) is 9.59 Å². The second kappa shape index (κ2) is 7.04. The zero-order valence-electron chi connectivity index (χ0n) is 14.7. The molecule has 1 aliphatic rings. The molecule has 0 spiro atoms. The van der Waals surface area contributed by atoms with Crippen molar-refractivity contribution in [1.82, 2.24) is 14.5 Å². The molecule has 3 heterocycles. The van der Waals surface area contributed by atoms with E-state index in [0.717, 1.165) is 37.0 Å². The minimum Gasteiger partial charge on any atom is -0.366 e. The summed E-state index contributed by atoms with van der Waals surface area (Å²) in [7, 11) is 0. The second-order valence-electron chi connectivity index (χ2n) is 6.71. The van der Waals surface area contributed by atoms with Gasteiger partial charge < -0.3 is 10.6 Å². The lowest BCUT2D eigenvalue weighted by Gasteiger charge is -2.26. The number of aromatic nitrogens is 2. The van der Waals surface area contributed by atoms with Gasteiger partial charge in [-0.1, -0.05) is 11.6 Å². The highest BCUT2D eigenvalue weighted by atomic mass is 35.5. The number of hydrogen-bond acceptors (Lipinski definition) is 3. The third kappa shape index (κ3) is 3.28. The molecule has 1 fully saturated rings. The molecule has 1 aromatic carbocycles. The number of nitrogens with two attached hydrogens (primary N) is 1. The molecule has 7 heteroatoms. The molecule has 1 saturated heterocycles. The first kappa shape index (κ1) is 17.5. The largest absolute Gasteiger partial charge is 0.366 e. The minimum atomic E-state index is -0.476. The van der Waals surface area contributed by atoms with Crippen LogP contribution in [0.1, 0.15) is 40.0 Å². The molecule has 3 aromatic rings. The molecule has 0 saturated carbocycles. The third-order valence-corrected chi connectivity index (χ3v) is 5.22. The Morgan fingerprint density at radius 3 is 2.41 bits per heavy atom. The topological polar surface area (TPSA) is 81.2 Å². The van der Waals surface area contributed by atoms with E-state index in [-0.39, 0.29) is 5.91 Å². The van der Waals surface area contributed by atoms with Gasteiger partial charge in [0.2, 0.25) is 5.91 Å². The van der Waals surface area contributed by atoms with Gasteiger partial charge >= 0.3 is 0 Å². The lowest BCUT2D eigenvalue weighted by Crippen LogP contribution is -2.35. The van der Waals surface area contributed by atoms with Gasteiger partial charge in [0.05, 0.1) is 10.6 Å². The number of fused-ring (bicyclic) bond motifs is 1. The Bertz CT molecular complexity index is 1020. The number of hydrogen-bond donors (Lipinski definition) is 1. The molecule has 138 valence electrons. The second-order valence-corrected chi connectivity index (χ2v) is 7.11. The average Bonchev–Trinajstić information content (AvgIpc) is 3.04. The first-order valence-corrected chi connectivity index (χ1v) is 9.28. The summed E-state index contributed by atoms with van der Waals surface area (Å²) in [5.41, 5.74) is 7.73. The summed E-state index contributed by atoms with van der Waals surface area (Å²) in [6.45, 7) is 1.58. The number of carbonyl (C=O) groups is 2. The third-order valence-electron chi connectivity index (χ3n) is 4.91. The van der Waals surface area contributed by atoms with E-state index in [1.165, 1.54) is 6.42 Å². The van der Waals surface area contributed by atoms with Crippen LogP contribution in [0.25, 0.3) is 16.7 Å². The van der Waals surface area contributed by atoms with Crippen LogP contribution in [0.5, 0.6) is 0 Å². The van der Waals surface area contributed by atoms with E-state index >= 15 is 0 Å². The fourth-order valence-corrected chi connectivity index (χ4v) is 3.69. The summed E-state index contributed by atoms with van der Waals surface area (Å²) in [5, 5.41) is 1.24. The quantitative estimate of drug-likeness (QED) is 0.753. The van der Waals surface area contributed by atoms with E-state index in [1.54, 1.807) is 42.7 Å². The molecule has 0 radical (unpaired) electrons. The number of likely N-dealkylation sites (tertiary alicyclic amines) is 1. The van der Waals surface area contributed by atoms with Gasteiger partial charge in [-0.2, -0.15) is 0 Å². The van der Waals surface area contributed by atoms with Crippen LogP contribution in [0.15, 0.2) is 42.7 Å². The molecular formula is C20H19ClN4O2. The Hall–Kier alpha value is -2.86. The highest BCUT2D eigenvalue weighted by Crippen LogP contribution is 2.28. The Morgan fingerprint density at radius 1 is 1.04 bits per heavy atom. The van der Waals surface area contributed by atoms with Crippen LogP contribution in [-0.2, 0) is 0 Å². The summed E-state index contributed by atoms with van der Waals surface area (Å²) >= 11 is 6.41. The van der Waals surface area contributed by atoms with Crippen molar-refractivity contribution in [2.45, 2.75) is 19.3 Å². The highest BCUT2D eigenvalue weighted by Gasteiger charge is 2.20.